The number of halogens is 3. The molecule has 1 heterocycles. The summed E-state index contributed by atoms with van der Waals surface area (Å²) in [4.78, 5) is 5.00. The minimum Gasteiger partial charge on any atom is -0.370 e. The molecule has 1 saturated carbocycles. The first kappa shape index (κ1) is 21.5. The fraction of sp³-hybridized carbons (Fsp3) is 0.667. The van der Waals surface area contributed by atoms with E-state index >= 15 is 0 Å². The smallest absolute Gasteiger partial charge is 0.123 e. The monoisotopic (exact) mass is 377 g/mol. The maximum absolute atomic E-state index is 13.0. The lowest BCUT2D eigenvalue weighted by atomic mass is 9.86. The molecule has 0 radical (unpaired) electrons. The van der Waals surface area contributed by atoms with Gasteiger partial charge in [0, 0.05) is 37.9 Å². The Balaban J connectivity index is 0.00000144. The van der Waals surface area contributed by atoms with Crippen LogP contribution in [0.4, 0.5) is 10.1 Å². The van der Waals surface area contributed by atoms with E-state index in [1.165, 1.54) is 45.2 Å². The molecule has 1 aromatic rings. The lowest BCUT2D eigenvalue weighted by Gasteiger charge is -2.31. The zero-order chi connectivity index (χ0) is 15.4. The molecule has 0 aromatic heterocycles. The van der Waals surface area contributed by atoms with Gasteiger partial charge in [-0.05, 0) is 68.8 Å². The van der Waals surface area contributed by atoms with Gasteiger partial charge in [0.15, 0.2) is 0 Å². The van der Waals surface area contributed by atoms with Crippen LogP contribution in [0.3, 0.4) is 0 Å². The summed E-state index contributed by atoms with van der Waals surface area (Å²) in [6.07, 6.45) is 6.16. The summed E-state index contributed by atoms with van der Waals surface area (Å²) in [6.45, 7) is 5.62. The minimum absolute atomic E-state index is 0. The maximum Gasteiger partial charge on any atom is 0.123 e. The average Bonchev–Trinajstić information content (AvgIpc) is 2.76. The van der Waals surface area contributed by atoms with Crippen molar-refractivity contribution in [3.63, 3.8) is 0 Å². The van der Waals surface area contributed by atoms with Gasteiger partial charge < -0.3 is 15.5 Å². The molecule has 1 saturated heterocycles. The van der Waals surface area contributed by atoms with E-state index < -0.39 is 0 Å². The molecule has 2 fully saturated rings. The van der Waals surface area contributed by atoms with Crippen LogP contribution in [0.5, 0.6) is 0 Å². The summed E-state index contributed by atoms with van der Waals surface area (Å²) in [5, 5.41) is 0. The Labute approximate surface area is 157 Å². The fourth-order valence-electron chi connectivity index (χ4n) is 3.80. The lowest BCUT2D eigenvalue weighted by Crippen LogP contribution is -2.36. The standard InChI is InChI=1S/C18H28FN3.2ClH/c19-16-4-8-18(9-5-16)22-11-1-10-21(12-13-22)14-15-2-6-17(20)7-3-15;;/h4-5,8-9,15,17H,1-3,6-7,10-14,20H2;2*1H. The van der Waals surface area contributed by atoms with Crippen LogP contribution in [-0.4, -0.2) is 43.7 Å². The molecule has 1 aliphatic heterocycles. The summed E-state index contributed by atoms with van der Waals surface area (Å²) >= 11 is 0. The number of rotatable bonds is 3. The van der Waals surface area contributed by atoms with Crippen LogP contribution in [-0.2, 0) is 0 Å². The Kier molecular flexibility index (Phi) is 9.35. The van der Waals surface area contributed by atoms with Crippen molar-refractivity contribution in [2.24, 2.45) is 11.7 Å². The topological polar surface area (TPSA) is 32.5 Å². The van der Waals surface area contributed by atoms with E-state index in [2.05, 4.69) is 9.80 Å². The van der Waals surface area contributed by atoms with Gasteiger partial charge in [-0.1, -0.05) is 0 Å². The second-order valence-electron chi connectivity index (χ2n) is 6.90. The molecule has 1 aromatic carbocycles. The highest BCUT2D eigenvalue weighted by Crippen LogP contribution is 2.25. The molecule has 3 rings (SSSR count). The van der Waals surface area contributed by atoms with E-state index in [0.29, 0.717) is 6.04 Å². The van der Waals surface area contributed by atoms with Gasteiger partial charge in [0.05, 0.1) is 0 Å². The van der Waals surface area contributed by atoms with Gasteiger partial charge in [0.25, 0.3) is 0 Å². The normalized spacial score (nSPS) is 25.3. The van der Waals surface area contributed by atoms with Crippen molar-refractivity contribution in [1.29, 1.82) is 0 Å². The van der Waals surface area contributed by atoms with E-state index in [1.807, 2.05) is 12.1 Å². The molecular weight excluding hydrogens is 348 g/mol. The first-order chi connectivity index (χ1) is 10.7. The number of anilines is 1. The minimum atomic E-state index is -0.157. The summed E-state index contributed by atoms with van der Waals surface area (Å²) in [5.74, 6) is 0.674. The third kappa shape index (κ3) is 6.07. The van der Waals surface area contributed by atoms with Gasteiger partial charge in [-0.25, -0.2) is 4.39 Å². The number of nitrogens with zero attached hydrogens (tertiary/aromatic N) is 2. The van der Waals surface area contributed by atoms with Crippen LogP contribution in [0.1, 0.15) is 32.1 Å². The molecular formula is C18H30Cl2FN3. The van der Waals surface area contributed by atoms with Crippen molar-refractivity contribution < 1.29 is 4.39 Å². The summed E-state index contributed by atoms with van der Waals surface area (Å²) in [5.41, 5.74) is 7.15. The molecule has 3 nitrogen and oxygen atoms in total. The van der Waals surface area contributed by atoms with E-state index in [0.717, 1.165) is 31.2 Å². The third-order valence-corrected chi connectivity index (χ3v) is 5.19. The first-order valence-corrected chi connectivity index (χ1v) is 8.69. The Morgan fingerprint density at radius 2 is 1.58 bits per heavy atom. The van der Waals surface area contributed by atoms with Gasteiger partial charge in [0.1, 0.15) is 5.82 Å². The Bertz CT molecular complexity index is 464. The van der Waals surface area contributed by atoms with Gasteiger partial charge in [0.2, 0.25) is 0 Å². The largest absolute Gasteiger partial charge is 0.370 e. The van der Waals surface area contributed by atoms with Crippen molar-refractivity contribution in [2.45, 2.75) is 38.1 Å². The highest BCUT2D eigenvalue weighted by atomic mass is 35.5. The predicted molar refractivity (Wildman–Crippen MR) is 104 cm³/mol. The van der Waals surface area contributed by atoms with Crippen molar-refractivity contribution in [3.05, 3.63) is 30.1 Å². The molecule has 0 bridgehead atoms. The average molecular weight is 378 g/mol. The summed E-state index contributed by atoms with van der Waals surface area (Å²) < 4.78 is 13.0. The number of hydrogen-bond donors (Lipinski definition) is 1. The summed E-state index contributed by atoms with van der Waals surface area (Å²) in [6, 6.07) is 7.35. The molecule has 24 heavy (non-hydrogen) atoms. The van der Waals surface area contributed by atoms with Crippen LogP contribution in [0.25, 0.3) is 0 Å². The molecule has 2 N–H and O–H groups in total. The van der Waals surface area contributed by atoms with Crippen LogP contribution >= 0.6 is 24.8 Å². The van der Waals surface area contributed by atoms with Gasteiger partial charge in [-0.2, -0.15) is 0 Å². The highest BCUT2D eigenvalue weighted by molar-refractivity contribution is 5.85. The van der Waals surface area contributed by atoms with E-state index in [-0.39, 0.29) is 30.6 Å². The van der Waals surface area contributed by atoms with Crippen molar-refractivity contribution in [3.8, 4) is 0 Å². The SMILES string of the molecule is Cl.Cl.NC1CCC(CN2CCCN(c3ccc(F)cc3)CC2)CC1. The van der Waals surface area contributed by atoms with Gasteiger partial charge >= 0.3 is 0 Å². The maximum atomic E-state index is 13.0. The van der Waals surface area contributed by atoms with E-state index in [4.69, 9.17) is 5.73 Å². The molecule has 0 spiro atoms. The predicted octanol–water partition coefficient (Wildman–Crippen LogP) is 3.70. The molecule has 1 aliphatic carbocycles. The lowest BCUT2D eigenvalue weighted by molar-refractivity contribution is 0.204. The van der Waals surface area contributed by atoms with Crippen LogP contribution < -0.4 is 10.6 Å². The molecule has 0 atom stereocenters. The Morgan fingerprint density at radius 1 is 0.917 bits per heavy atom. The van der Waals surface area contributed by atoms with E-state index in [9.17, 15) is 4.39 Å². The Morgan fingerprint density at radius 3 is 2.25 bits per heavy atom. The third-order valence-electron chi connectivity index (χ3n) is 5.19. The second-order valence-corrected chi connectivity index (χ2v) is 6.90. The van der Waals surface area contributed by atoms with Crippen molar-refractivity contribution in [2.75, 3.05) is 37.6 Å². The van der Waals surface area contributed by atoms with Crippen LogP contribution in [0, 0.1) is 11.7 Å². The zero-order valence-electron chi connectivity index (χ0n) is 14.2. The zero-order valence-corrected chi connectivity index (χ0v) is 15.8. The molecule has 0 unspecified atom stereocenters. The number of nitrogens with two attached hydrogens (primary N) is 1. The molecule has 0 amide bonds. The molecule has 2 aliphatic rings. The molecule has 6 heteroatoms. The second kappa shape index (κ2) is 10.4. The first-order valence-electron chi connectivity index (χ1n) is 8.69. The van der Waals surface area contributed by atoms with Gasteiger partial charge in [-0.15, -0.1) is 24.8 Å². The quantitative estimate of drug-likeness (QED) is 0.871. The van der Waals surface area contributed by atoms with Crippen molar-refractivity contribution in [1.82, 2.24) is 4.90 Å². The summed E-state index contributed by atoms with van der Waals surface area (Å²) in [7, 11) is 0. The number of hydrogen-bond acceptors (Lipinski definition) is 3. The number of benzene rings is 1. The van der Waals surface area contributed by atoms with Crippen LogP contribution in [0.15, 0.2) is 24.3 Å². The van der Waals surface area contributed by atoms with Crippen molar-refractivity contribution >= 4 is 30.5 Å². The van der Waals surface area contributed by atoms with Gasteiger partial charge in [-0.3, -0.25) is 0 Å². The fourth-order valence-corrected chi connectivity index (χ4v) is 3.80. The Hall–Kier alpha value is -0.550. The highest BCUT2D eigenvalue weighted by Gasteiger charge is 2.22. The molecule has 138 valence electrons. The van der Waals surface area contributed by atoms with E-state index in [1.54, 1.807) is 12.1 Å². The van der Waals surface area contributed by atoms with Crippen LogP contribution in [0.2, 0.25) is 0 Å².